The molecule has 2 rings (SSSR count). The molecule has 0 aliphatic carbocycles. The molecule has 0 bridgehead atoms. The number of rotatable bonds is 4. The third kappa shape index (κ3) is 3.44. The lowest BCUT2D eigenvalue weighted by Crippen LogP contribution is -2.42. The monoisotopic (exact) mass is 305 g/mol. The summed E-state index contributed by atoms with van der Waals surface area (Å²) in [6, 6.07) is 0. The van der Waals surface area contributed by atoms with Crippen LogP contribution in [0, 0.1) is 19.8 Å². The van der Waals surface area contributed by atoms with Crippen molar-refractivity contribution in [3.05, 3.63) is 10.6 Å². The van der Waals surface area contributed by atoms with Crippen molar-refractivity contribution in [1.82, 2.24) is 9.29 Å². The summed E-state index contributed by atoms with van der Waals surface area (Å²) in [5.41, 5.74) is 0.849. The number of piperidine rings is 1. The summed E-state index contributed by atoms with van der Waals surface area (Å²) in [4.78, 5) is 5.19. The largest absolute Gasteiger partial charge is 0.396 e. The third-order valence-electron chi connectivity index (χ3n) is 3.42. The van der Waals surface area contributed by atoms with E-state index in [1.54, 1.807) is 0 Å². The minimum atomic E-state index is -3.52. The Balaban J connectivity index is 2.03. The van der Waals surface area contributed by atoms with Crippen molar-refractivity contribution in [2.24, 2.45) is 5.92 Å². The van der Waals surface area contributed by atoms with Crippen molar-refractivity contribution < 1.29 is 13.5 Å². The van der Waals surface area contributed by atoms with Gasteiger partial charge in [-0.15, -0.1) is 11.3 Å². The van der Waals surface area contributed by atoms with Gasteiger partial charge in [-0.3, -0.25) is 0 Å². The van der Waals surface area contributed by atoms with E-state index in [0.717, 1.165) is 10.6 Å². The Hall–Kier alpha value is -0.700. The number of nitrogens with one attached hydrogen (secondary N) is 1. The average molecular weight is 305 g/mol. The Morgan fingerprint density at radius 1 is 1.42 bits per heavy atom. The van der Waals surface area contributed by atoms with E-state index in [0.29, 0.717) is 31.1 Å². The highest BCUT2D eigenvalue weighted by molar-refractivity contribution is 7.90. The van der Waals surface area contributed by atoms with Gasteiger partial charge in [-0.25, -0.2) is 9.71 Å². The van der Waals surface area contributed by atoms with E-state index >= 15 is 0 Å². The second-order valence-electron chi connectivity index (χ2n) is 4.79. The topological polar surface area (TPSA) is 82.5 Å². The van der Waals surface area contributed by atoms with Crippen LogP contribution in [-0.4, -0.2) is 42.5 Å². The fourth-order valence-electron chi connectivity index (χ4n) is 2.02. The first-order chi connectivity index (χ1) is 8.92. The van der Waals surface area contributed by atoms with Gasteiger partial charge in [-0.2, -0.15) is 12.7 Å². The van der Waals surface area contributed by atoms with Crippen LogP contribution >= 0.6 is 11.3 Å². The van der Waals surface area contributed by atoms with Gasteiger partial charge in [0.25, 0.3) is 0 Å². The molecule has 0 unspecified atom stereocenters. The molecule has 2 heterocycles. The van der Waals surface area contributed by atoms with Crippen LogP contribution in [-0.2, 0) is 10.2 Å². The van der Waals surface area contributed by atoms with Crippen molar-refractivity contribution >= 4 is 26.7 Å². The van der Waals surface area contributed by atoms with Crippen LogP contribution in [0.2, 0.25) is 0 Å². The first-order valence-electron chi connectivity index (χ1n) is 6.25. The number of anilines is 1. The lowest BCUT2D eigenvalue weighted by Gasteiger charge is -2.29. The maximum absolute atomic E-state index is 12.2. The Morgan fingerprint density at radius 3 is 2.53 bits per heavy atom. The molecule has 0 atom stereocenters. The molecule has 19 heavy (non-hydrogen) atoms. The van der Waals surface area contributed by atoms with Gasteiger partial charge in [0.2, 0.25) is 0 Å². The number of aliphatic hydroxyl groups is 1. The zero-order valence-corrected chi connectivity index (χ0v) is 12.7. The van der Waals surface area contributed by atoms with Crippen LogP contribution < -0.4 is 4.72 Å². The van der Waals surface area contributed by atoms with E-state index in [1.807, 2.05) is 13.8 Å². The quantitative estimate of drug-likeness (QED) is 0.873. The maximum Gasteiger partial charge on any atom is 0.303 e. The normalized spacial score (nSPS) is 18.7. The van der Waals surface area contributed by atoms with Gasteiger partial charge in [0, 0.05) is 24.6 Å². The van der Waals surface area contributed by atoms with Gasteiger partial charge in [0.05, 0.1) is 5.69 Å². The van der Waals surface area contributed by atoms with E-state index < -0.39 is 10.2 Å². The Labute approximate surface area is 117 Å². The lowest BCUT2D eigenvalue weighted by atomic mass is 10.00. The molecule has 6 nitrogen and oxygen atoms in total. The van der Waals surface area contributed by atoms with Gasteiger partial charge in [-0.1, -0.05) is 0 Å². The summed E-state index contributed by atoms with van der Waals surface area (Å²) in [5, 5.41) is 9.47. The highest BCUT2D eigenvalue weighted by atomic mass is 32.2. The molecule has 8 heteroatoms. The molecule has 1 aliphatic heterocycles. The molecule has 0 saturated carbocycles. The average Bonchev–Trinajstić information content (AvgIpc) is 2.67. The first kappa shape index (κ1) is 14.7. The zero-order chi connectivity index (χ0) is 14.0. The summed E-state index contributed by atoms with van der Waals surface area (Å²) >= 11 is 1.34. The summed E-state index contributed by atoms with van der Waals surface area (Å²) < 4.78 is 28.3. The summed E-state index contributed by atoms with van der Waals surface area (Å²) in [6.45, 7) is 4.80. The molecule has 0 radical (unpaired) electrons. The van der Waals surface area contributed by atoms with Gasteiger partial charge in [-0.05, 0) is 32.6 Å². The SMILES string of the molecule is Cc1nc(NS(=O)(=O)N2CCC(CO)CC2)sc1C. The Bertz CT molecular complexity index is 514. The van der Waals surface area contributed by atoms with Crippen molar-refractivity contribution in [2.45, 2.75) is 26.7 Å². The van der Waals surface area contributed by atoms with E-state index in [-0.39, 0.29) is 12.5 Å². The van der Waals surface area contributed by atoms with Gasteiger partial charge in [0.1, 0.15) is 0 Å². The van der Waals surface area contributed by atoms with Gasteiger partial charge >= 0.3 is 10.2 Å². The molecule has 0 aromatic carbocycles. The van der Waals surface area contributed by atoms with E-state index in [2.05, 4.69) is 9.71 Å². The van der Waals surface area contributed by atoms with Crippen LogP contribution in [0.4, 0.5) is 5.13 Å². The molecule has 1 aromatic heterocycles. The fraction of sp³-hybridized carbons (Fsp3) is 0.727. The Kier molecular flexibility index (Phi) is 4.44. The van der Waals surface area contributed by atoms with E-state index in [4.69, 9.17) is 5.11 Å². The minimum Gasteiger partial charge on any atom is -0.396 e. The van der Waals surface area contributed by atoms with Crippen molar-refractivity contribution in [2.75, 3.05) is 24.4 Å². The number of hydrogen-bond donors (Lipinski definition) is 2. The van der Waals surface area contributed by atoms with Gasteiger partial charge in [0.15, 0.2) is 5.13 Å². The zero-order valence-electron chi connectivity index (χ0n) is 11.1. The second-order valence-corrected chi connectivity index (χ2v) is 7.67. The van der Waals surface area contributed by atoms with E-state index in [9.17, 15) is 8.42 Å². The van der Waals surface area contributed by atoms with Crippen LogP contribution in [0.15, 0.2) is 0 Å². The molecular weight excluding hydrogens is 286 g/mol. The second kappa shape index (κ2) is 5.74. The maximum atomic E-state index is 12.2. The number of nitrogens with zero attached hydrogens (tertiary/aromatic N) is 2. The first-order valence-corrected chi connectivity index (χ1v) is 8.51. The highest BCUT2D eigenvalue weighted by Gasteiger charge is 2.28. The van der Waals surface area contributed by atoms with Crippen molar-refractivity contribution in [3.8, 4) is 0 Å². The molecule has 2 N–H and O–H groups in total. The predicted molar refractivity (Wildman–Crippen MR) is 75.5 cm³/mol. The molecule has 0 spiro atoms. The minimum absolute atomic E-state index is 0.131. The molecule has 1 saturated heterocycles. The summed E-state index contributed by atoms with van der Waals surface area (Å²) in [7, 11) is -3.52. The Morgan fingerprint density at radius 2 is 2.05 bits per heavy atom. The van der Waals surface area contributed by atoms with E-state index in [1.165, 1.54) is 15.6 Å². The molecule has 0 amide bonds. The van der Waals surface area contributed by atoms with Gasteiger partial charge < -0.3 is 5.11 Å². The smallest absolute Gasteiger partial charge is 0.303 e. The molecule has 108 valence electrons. The molecular formula is C11H19N3O3S2. The molecule has 1 fully saturated rings. The number of aryl methyl sites for hydroxylation is 2. The predicted octanol–water partition coefficient (Wildman–Crippen LogP) is 1.12. The summed E-state index contributed by atoms with van der Waals surface area (Å²) in [6.07, 6.45) is 1.40. The molecule has 1 aliphatic rings. The standard InChI is InChI=1S/C11H19N3O3S2/c1-8-9(2)18-11(12-8)13-19(16,17)14-5-3-10(7-15)4-6-14/h10,15H,3-7H2,1-2H3,(H,12,13). The lowest BCUT2D eigenvalue weighted by molar-refractivity contribution is 0.170. The van der Waals surface area contributed by atoms with Crippen molar-refractivity contribution in [3.63, 3.8) is 0 Å². The van der Waals surface area contributed by atoms with Crippen LogP contribution in [0.3, 0.4) is 0 Å². The number of aliphatic hydroxyl groups excluding tert-OH is 1. The highest BCUT2D eigenvalue weighted by Crippen LogP contribution is 2.24. The summed E-state index contributed by atoms with van der Waals surface area (Å²) in [5.74, 6) is 0.218. The van der Waals surface area contributed by atoms with Crippen LogP contribution in [0.1, 0.15) is 23.4 Å². The number of aromatic nitrogens is 1. The molecule has 1 aromatic rings. The third-order valence-corrected chi connectivity index (χ3v) is 6.03. The van der Waals surface area contributed by atoms with Crippen LogP contribution in [0.5, 0.6) is 0 Å². The fourth-order valence-corrected chi connectivity index (χ4v) is 4.26. The van der Waals surface area contributed by atoms with Crippen LogP contribution in [0.25, 0.3) is 0 Å². The van der Waals surface area contributed by atoms with Crippen molar-refractivity contribution in [1.29, 1.82) is 0 Å². The number of hydrogen-bond acceptors (Lipinski definition) is 5. The number of thiazole rings is 1.